The normalized spacial score (nSPS) is 24.5. The molecule has 11 heteroatoms. The number of pyridine rings is 2. The van der Waals surface area contributed by atoms with Crippen molar-refractivity contribution >= 4 is 23.5 Å². The fourth-order valence-electron chi connectivity index (χ4n) is 8.63. The van der Waals surface area contributed by atoms with Gasteiger partial charge in [0.05, 0.1) is 12.2 Å². The molecule has 51 heavy (non-hydrogen) atoms. The van der Waals surface area contributed by atoms with Crippen molar-refractivity contribution in [1.82, 2.24) is 20.2 Å². The van der Waals surface area contributed by atoms with Crippen LogP contribution in [0.25, 0.3) is 11.1 Å². The Hall–Kier alpha value is -3.54. The molecule has 274 valence electrons. The summed E-state index contributed by atoms with van der Waals surface area (Å²) < 4.78 is 19.7. The van der Waals surface area contributed by atoms with Gasteiger partial charge in [0.1, 0.15) is 5.82 Å². The zero-order valence-electron chi connectivity index (χ0n) is 31.0. The van der Waals surface area contributed by atoms with Crippen molar-refractivity contribution in [2.24, 2.45) is 5.92 Å². The number of hydrogen-bond donors (Lipinski definition) is 2. The first-order valence-electron chi connectivity index (χ1n) is 18.7. The van der Waals surface area contributed by atoms with Crippen molar-refractivity contribution in [2.45, 2.75) is 115 Å². The van der Waals surface area contributed by atoms with E-state index in [1.54, 1.807) is 0 Å². The number of nitrogens with one attached hydrogen (secondary N) is 2. The van der Waals surface area contributed by atoms with E-state index in [0.29, 0.717) is 28.7 Å². The monoisotopic (exact) mass is 715 g/mol. The Morgan fingerprint density at radius 2 is 1.73 bits per heavy atom. The Kier molecular flexibility index (Phi) is 10.4. The molecule has 2 N–H and O–H groups in total. The molecule has 1 aliphatic carbocycles. The number of fused-ring (bicyclic) bond motifs is 1. The first-order chi connectivity index (χ1) is 24.5. The maximum Gasteiger partial charge on any atom is 0.254 e. The molecule has 7 rings (SSSR count). The van der Waals surface area contributed by atoms with Crippen molar-refractivity contribution in [2.75, 3.05) is 37.3 Å². The number of carbonyl (C=O) groups excluding carboxylic acids is 1. The third kappa shape index (κ3) is 7.39. The van der Waals surface area contributed by atoms with Crippen LogP contribution in [-0.2, 0) is 11.3 Å². The number of morpholine rings is 1. The van der Waals surface area contributed by atoms with E-state index in [1.165, 1.54) is 43.9 Å². The van der Waals surface area contributed by atoms with Gasteiger partial charge in [-0.25, -0.2) is 4.98 Å². The molecule has 2 aromatic heterocycles. The van der Waals surface area contributed by atoms with Crippen LogP contribution in [0.3, 0.4) is 0 Å². The summed E-state index contributed by atoms with van der Waals surface area (Å²) >= 11 is 1.49. The molecule has 1 saturated carbocycles. The number of H-pyrrole nitrogens is 1. The molecule has 2 saturated heterocycles. The summed E-state index contributed by atoms with van der Waals surface area (Å²) in [6.07, 6.45) is 12.7. The number of rotatable bonds is 8. The SMILES string of the molecule is CSc1cc(C)[nH]c(=O)c1CNC(=O)c1cc(-c2ccc(N3C[C@@H](C)O[C@@H](C)C3)nc2)c2c(c1C)O[C@@](C)(C1CCN(C3CCCCC3)CC1)O2. The minimum absolute atomic E-state index is 0.109. The number of aromatic amines is 1. The van der Waals surface area contributed by atoms with Crippen LogP contribution in [0, 0.1) is 19.8 Å². The van der Waals surface area contributed by atoms with Crippen LogP contribution < -0.4 is 25.2 Å². The molecule has 3 fully saturated rings. The van der Waals surface area contributed by atoms with Gasteiger partial charge in [-0.05, 0) is 97.0 Å². The number of aromatic nitrogens is 2. The molecule has 3 atom stereocenters. The summed E-state index contributed by atoms with van der Waals surface area (Å²) in [5.41, 5.74) is 3.96. The van der Waals surface area contributed by atoms with Crippen LogP contribution in [0.1, 0.15) is 92.9 Å². The van der Waals surface area contributed by atoms with E-state index in [2.05, 4.69) is 46.9 Å². The van der Waals surface area contributed by atoms with Crippen molar-refractivity contribution in [3.63, 3.8) is 0 Å². The largest absolute Gasteiger partial charge is 0.448 e. The number of amides is 1. The molecule has 3 aliphatic heterocycles. The minimum atomic E-state index is -0.856. The highest BCUT2D eigenvalue weighted by atomic mass is 32.2. The highest BCUT2D eigenvalue weighted by Crippen LogP contribution is 2.52. The van der Waals surface area contributed by atoms with Crippen LogP contribution >= 0.6 is 11.8 Å². The van der Waals surface area contributed by atoms with Gasteiger partial charge in [-0.3, -0.25) is 9.59 Å². The molecule has 0 bridgehead atoms. The molecule has 1 aromatic carbocycles. The maximum absolute atomic E-state index is 14.0. The first kappa shape index (κ1) is 35.8. The number of hydrogen-bond acceptors (Lipinski definition) is 9. The third-order valence-corrected chi connectivity index (χ3v) is 12.2. The quantitative estimate of drug-likeness (QED) is 0.242. The average molecular weight is 716 g/mol. The fraction of sp³-hybridized carbons (Fsp3) is 0.575. The highest BCUT2D eigenvalue weighted by Gasteiger charge is 2.48. The van der Waals surface area contributed by atoms with Crippen LogP contribution in [-0.4, -0.2) is 77.2 Å². The number of benzene rings is 1. The van der Waals surface area contributed by atoms with Crippen molar-refractivity contribution < 1.29 is 19.0 Å². The van der Waals surface area contributed by atoms with E-state index in [0.717, 1.165) is 72.1 Å². The van der Waals surface area contributed by atoms with E-state index in [1.807, 2.05) is 44.5 Å². The van der Waals surface area contributed by atoms with Gasteiger partial charge < -0.3 is 34.3 Å². The predicted molar refractivity (Wildman–Crippen MR) is 202 cm³/mol. The molecular formula is C40H53N5O5S. The molecule has 4 aliphatic rings. The lowest BCUT2D eigenvalue weighted by molar-refractivity contribution is -0.127. The summed E-state index contributed by atoms with van der Waals surface area (Å²) in [7, 11) is 0. The second kappa shape index (κ2) is 14.8. The second-order valence-corrected chi connectivity index (χ2v) is 16.0. The molecule has 5 heterocycles. The van der Waals surface area contributed by atoms with Crippen molar-refractivity contribution in [1.29, 1.82) is 0 Å². The van der Waals surface area contributed by atoms with Gasteiger partial charge in [0.15, 0.2) is 11.5 Å². The number of ether oxygens (including phenoxy) is 3. The third-order valence-electron chi connectivity index (χ3n) is 11.4. The van der Waals surface area contributed by atoms with E-state index in [9.17, 15) is 9.59 Å². The zero-order chi connectivity index (χ0) is 35.9. The summed E-state index contributed by atoms with van der Waals surface area (Å²) in [5, 5.41) is 3.03. The molecule has 0 radical (unpaired) electrons. The smallest absolute Gasteiger partial charge is 0.254 e. The zero-order valence-corrected chi connectivity index (χ0v) is 31.8. The van der Waals surface area contributed by atoms with Gasteiger partial charge >= 0.3 is 0 Å². The predicted octanol–water partition coefficient (Wildman–Crippen LogP) is 6.85. The summed E-state index contributed by atoms with van der Waals surface area (Å²) in [4.78, 5) is 40.4. The van der Waals surface area contributed by atoms with Crippen molar-refractivity contribution in [3.8, 4) is 22.6 Å². The first-order valence-corrected chi connectivity index (χ1v) is 20.0. The van der Waals surface area contributed by atoms with E-state index in [4.69, 9.17) is 19.2 Å². The Labute approximate surface area is 306 Å². The lowest BCUT2D eigenvalue weighted by Gasteiger charge is -2.42. The van der Waals surface area contributed by atoms with Gasteiger partial charge in [0.25, 0.3) is 17.3 Å². The number of thioether (sulfide) groups is 1. The molecule has 10 nitrogen and oxygen atoms in total. The Morgan fingerprint density at radius 3 is 2.39 bits per heavy atom. The number of nitrogens with zero attached hydrogens (tertiary/aromatic N) is 3. The van der Waals surface area contributed by atoms with Crippen LogP contribution in [0.2, 0.25) is 0 Å². The lowest BCUT2D eigenvalue weighted by Crippen LogP contribution is -2.50. The van der Waals surface area contributed by atoms with Gasteiger partial charge in [-0.2, -0.15) is 0 Å². The standard InChI is InChI=1S/C40H53N5O5S/c1-24-18-34(51-6)33(39(47)43-24)21-42-38(46)31-19-32(28-12-13-35(41-20-28)45-22-25(2)48-26(3)23-45)37-36(27(31)4)49-40(5,50-37)29-14-16-44(17-15-29)30-10-8-7-9-11-30/h12-13,18-20,25-26,29-30H,7-11,14-17,21-23H2,1-6H3,(H,42,46)(H,43,47)/t25-,26+,40-/m1/s1. The van der Waals surface area contributed by atoms with Crippen LogP contribution in [0.5, 0.6) is 11.5 Å². The van der Waals surface area contributed by atoms with E-state index < -0.39 is 5.79 Å². The molecule has 0 unspecified atom stereocenters. The number of carbonyl (C=O) groups is 1. The van der Waals surface area contributed by atoms with Gasteiger partial charge in [-0.1, -0.05) is 19.3 Å². The summed E-state index contributed by atoms with van der Waals surface area (Å²) in [6.45, 7) is 13.8. The average Bonchev–Trinajstić information content (AvgIpc) is 3.50. The molecule has 1 amide bonds. The van der Waals surface area contributed by atoms with E-state index >= 15 is 0 Å². The Balaban J connectivity index is 1.18. The fourth-order valence-corrected chi connectivity index (χ4v) is 9.34. The molecule has 3 aromatic rings. The summed E-state index contributed by atoms with van der Waals surface area (Å²) in [5.74, 6) is 1.23. The lowest BCUT2D eigenvalue weighted by atomic mass is 9.86. The van der Waals surface area contributed by atoms with Crippen LogP contribution in [0.15, 0.2) is 40.2 Å². The summed E-state index contributed by atoms with van der Waals surface area (Å²) in [6, 6.07) is 8.63. The highest BCUT2D eigenvalue weighted by molar-refractivity contribution is 7.98. The maximum atomic E-state index is 14.0. The number of likely N-dealkylation sites (tertiary alicyclic amines) is 1. The number of aryl methyl sites for hydroxylation is 1. The molecule has 0 spiro atoms. The number of piperidine rings is 1. The minimum Gasteiger partial charge on any atom is -0.448 e. The van der Waals surface area contributed by atoms with Crippen LogP contribution in [0.4, 0.5) is 5.82 Å². The van der Waals surface area contributed by atoms with Gasteiger partial charge in [0.2, 0.25) is 0 Å². The second-order valence-electron chi connectivity index (χ2n) is 15.2. The van der Waals surface area contributed by atoms with E-state index in [-0.39, 0.29) is 36.1 Å². The molecular weight excluding hydrogens is 663 g/mol. The Bertz CT molecular complexity index is 1790. The number of anilines is 1. The Morgan fingerprint density at radius 1 is 1.02 bits per heavy atom. The van der Waals surface area contributed by atoms with Gasteiger partial charge in [-0.15, -0.1) is 11.8 Å². The van der Waals surface area contributed by atoms with Crippen molar-refractivity contribution in [3.05, 3.63) is 63.2 Å². The topological polar surface area (TPSA) is 109 Å². The van der Waals surface area contributed by atoms with Gasteiger partial charge in [0, 0.05) is 83.1 Å².